The number of nitrogens with zero attached hydrogens (tertiary/aromatic N) is 1. The first-order valence-electron chi connectivity index (χ1n) is 6.11. The average molecular weight is 395 g/mol. The highest BCUT2D eigenvalue weighted by Crippen LogP contribution is 2.37. The van der Waals surface area contributed by atoms with E-state index >= 15 is 0 Å². The second-order valence-corrected chi connectivity index (χ2v) is 5.89. The van der Waals surface area contributed by atoms with E-state index in [1.807, 2.05) is 0 Å². The molecule has 0 heterocycles. The highest BCUT2D eigenvalue weighted by Gasteiger charge is 2.28. The highest BCUT2D eigenvalue weighted by atomic mass is 79.9. The van der Waals surface area contributed by atoms with Crippen LogP contribution in [0.1, 0.15) is 26.7 Å². The first-order valence-corrected chi connectivity index (χ1v) is 8.02. The Morgan fingerprint density at radius 1 is 1.37 bits per heavy atom. The molecule has 0 spiro atoms. The van der Waals surface area contributed by atoms with E-state index in [1.54, 1.807) is 12.1 Å². The second kappa shape index (κ2) is 7.24. The molecule has 0 unspecified atom stereocenters. The van der Waals surface area contributed by atoms with E-state index in [4.69, 9.17) is 4.74 Å². The van der Waals surface area contributed by atoms with Crippen molar-refractivity contribution in [1.29, 1.82) is 0 Å². The van der Waals surface area contributed by atoms with Gasteiger partial charge in [0.05, 0.1) is 16.0 Å². The Bertz CT molecular complexity index is 439. The molecule has 1 aromatic rings. The fourth-order valence-corrected chi connectivity index (χ4v) is 3.12. The summed E-state index contributed by atoms with van der Waals surface area (Å²) in [5.41, 5.74) is -0.00608. The lowest BCUT2D eigenvalue weighted by atomic mass is 9.86. The van der Waals surface area contributed by atoms with Gasteiger partial charge in [-0.1, -0.05) is 35.8 Å². The summed E-state index contributed by atoms with van der Waals surface area (Å²) in [7, 11) is 0. The molecule has 6 heteroatoms. The molecule has 0 amide bonds. The molecule has 1 aromatic carbocycles. The molecule has 0 aliphatic carbocycles. The van der Waals surface area contributed by atoms with Crippen molar-refractivity contribution >= 4 is 37.5 Å². The summed E-state index contributed by atoms with van der Waals surface area (Å²) in [6.07, 6.45) is 1.90. The standard InChI is InChI=1S/C13H17Br2NO3/c1-3-13(4-2,8-14)9-19-12-10(15)6-5-7-11(12)16(17)18/h5-7H,3-4,8-9H2,1-2H3. The minimum atomic E-state index is -0.423. The molecule has 0 aromatic heterocycles. The zero-order valence-electron chi connectivity index (χ0n) is 11.0. The van der Waals surface area contributed by atoms with Crippen LogP contribution in [0.3, 0.4) is 0 Å². The third kappa shape index (κ3) is 3.92. The van der Waals surface area contributed by atoms with Gasteiger partial charge in [-0.05, 0) is 34.8 Å². The summed E-state index contributed by atoms with van der Waals surface area (Å²) in [5.74, 6) is 0.305. The van der Waals surface area contributed by atoms with Gasteiger partial charge in [-0.2, -0.15) is 0 Å². The number of para-hydroxylation sites is 1. The van der Waals surface area contributed by atoms with Crippen LogP contribution in [0.4, 0.5) is 5.69 Å². The average Bonchev–Trinajstić information content (AvgIpc) is 2.42. The fraction of sp³-hybridized carbons (Fsp3) is 0.538. The van der Waals surface area contributed by atoms with E-state index in [9.17, 15) is 10.1 Å². The number of hydrogen-bond acceptors (Lipinski definition) is 3. The van der Waals surface area contributed by atoms with E-state index in [0.717, 1.165) is 18.2 Å². The Morgan fingerprint density at radius 3 is 2.47 bits per heavy atom. The van der Waals surface area contributed by atoms with Gasteiger partial charge in [0.25, 0.3) is 0 Å². The molecule has 0 aliphatic rings. The number of nitro benzene ring substituents is 1. The van der Waals surface area contributed by atoms with Crippen LogP contribution in [0.5, 0.6) is 5.75 Å². The minimum Gasteiger partial charge on any atom is -0.485 e. The van der Waals surface area contributed by atoms with Gasteiger partial charge >= 0.3 is 5.69 Å². The molecular formula is C13H17Br2NO3. The number of halogens is 2. The predicted octanol–water partition coefficient (Wildman–Crippen LogP) is 4.94. The quantitative estimate of drug-likeness (QED) is 0.374. The molecular weight excluding hydrogens is 378 g/mol. The van der Waals surface area contributed by atoms with Gasteiger partial charge < -0.3 is 4.74 Å². The Hall–Kier alpha value is -0.620. The molecule has 0 aliphatic heterocycles. The third-order valence-electron chi connectivity index (χ3n) is 3.45. The van der Waals surface area contributed by atoms with Crippen LogP contribution in [-0.4, -0.2) is 16.9 Å². The molecule has 0 N–H and O–H groups in total. The molecule has 106 valence electrons. The maximum atomic E-state index is 11.0. The molecule has 0 saturated carbocycles. The second-order valence-electron chi connectivity index (χ2n) is 4.47. The SMILES string of the molecule is CCC(CC)(CBr)COc1c(Br)cccc1[N+](=O)[O-]. The molecule has 0 fully saturated rings. The van der Waals surface area contributed by atoms with Gasteiger partial charge in [-0.25, -0.2) is 0 Å². The lowest BCUT2D eigenvalue weighted by Gasteiger charge is -2.29. The first-order chi connectivity index (χ1) is 8.99. The summed E-state index contributed by atoms with van der Waals surface area (Å²) in [6.45, 7) is 4.65. The smallest absolute Gasteiger partial charge is 0.312 e. The summed E-state index contributed by atoms with van der Waals surface area (Å²) in [5, 5.41) is 11.8. The zero-order valence-corrected chi connectivity index (χ0v) is 14.2. The van der Waals surface area contributed by atoms with E-state index in [1.165, 1.54) is 6.07 Å². The molecule has 0 atom stereocenters. The monoisotopic (exact) mass is 393 g/mol. The van der Waals surface area contributed by atoms with Gasteiger partial charge in [0.2, 0.25) is 5.75 Å². The van der Waals surface area contributed by atoms with Crippen molar-refractivity contribution in [3.05, 3.63) is 32.8 Å². The highest BCUT2D eigenvalue weighted by molar-refractivity contribution is 9.10. The van der Waals surface area contributed by atoms with E-state index in [0.29, 0.717) is 16.8 Å². The number of alkyl halides is 1. The van der Waals surface area contributed by atoms with Gasteiger partial charge in [-0.3, -0.25) is 10.1 Å². The van der Waals surface area contributed by atoms with E-state index in [-0.39, 0.29) is 11.1 Å². The van der Waals surface area contributed by atoms with Crippen molar-refractivity contribution in [3.63, 3.8) is 0 Å². The largest absolute Gasteiger partial charge is 0.485 e. The number of rotatable bonds is 7. The number of benzene rings is 1. The van der Waals surface area contributed by atoms with Crippen LogP contribution in [0, 0.1) is 15.5 Å². The minimum absolute atomic E-state index is 0.00313. The van der Waals surface area contributed by atoms with Crippen molar-refractivity contribution in [2.24, 2.45) is 5.41 Å². The Labute approximate surface area is 129 Å². The maximum absolute atomic E-state index is 11.0. The van der Waals surface area contributed by atoms with Crippen LogP contribution in [-0.2, 0) is 0 Å². The van der Waals surface area contributed by atoms with Gasteiger partial charge in [0.1, 0.15) is 0 Å². The van der Waals surface area contributed by atoms with Crippen LogP contribution in [0.25, 0.3) is 0 Å². The maximum Gasteiger partial charge on any atom is 0.312 e. The van der Waals surface area contributed by atoms with Crippen molar-refractivity contribution < 1.29 is 9.66 Å². The van der Waals surface area contributed by atoms with Crippen LogP contribution in [0.2, 0.25) is 0 Å². The number of nitro groups is 1. The summed E-state index contributed by atoms with van der Waals surface area (Å²) in [4.78, 5) is 10.6. The van der Waals surface area contributed by atoms with Crippen molar-refractivity contribution in [2.45, 2.75) is 26.7 Å². The summed E-state index contributed by atoms with van der Waals surface area (Å²) in [6, 6.07) is 4.83. The molecule has 0 radical (unpaired) electrons. The predicted molar refractivity (Wildman–Crippen MR) is 83.1 cm³/mol. The zero-order chi connectivity index (χ0) is 14.5. The van der Waals surface area contributed by atoms with E-state index < -0.39 is 4.92 Å². The Kier molecular flexibility index (Phi) is 6.26. The molecule has 4 nitrogen and oxygen atoms in total. The lowest BCUT2D eigenvalue weighted by Crippen LogP contribution is -2.29. The molecule has 0 bridgehead atoms. The van der Waals surface area contributed by atoms with Crippen LogP contribution < -0.4 is 4.74 Å². The van der Waals surface area contributed by atoms with Crippen LogP contribution in [0.15, 0.2) is 22.7 Å². The van der Waals surface area contributed by atoms with Crippen molar-refractivity contribution in [2.75, 3.05) is 11.9 Å². The Balaban J connectivity index is 2.97. The summed E-state index contributed by atoms with van der Waals surface area (Å²) >= 11 is 6.82. The molecule has 19 heavy (non-hydrogen) atoms. The first kappa shape index (κ1) is 16.4. The molecule has 0 saturated heterocycles. The molecule has 1 rings (SSSR count). The van der Waals surface area contributed by atoms with E-state index in [2.05, 4.69) is 45.7 Å². The van der Waals surface area contributed by atoms with Crippen LogP contribution >= 0.6 is 31.9 Å². The normalized spacial score (nSPS) is 11.4. The number of ether oxygens (including phenoxy) is 1. The Morgan fingerprint density at radius 2 is 2.00 bits per heavy atom. The summed E-state index contributed by atoms with van der Waals surface area (Å²) < 4.78 is 6.36. The topological polar surface area (TPSA) is 52.4 Å². The van der Waals surface area contributed by atoms with Crippen molar-refractivity contribution in [1.82, 2.24) is 0 Å². The third-order valence-corrected chi connectivity index (χ3v) is 5.26. The fourth-order valence-electron chi connectivity index (χ4n) is 1.69. The van der Waals surface area contributed by atoms with Gasteiger partial charge in [0, 0.05) is 16.8 Å². The lowest BCUT2D eigenvalue weighted by molar-refractivity contribution is -0.386. The van der Waals surface area contributed by atoms with Gasteiger partial charge in [0.15, 0.2) is 0 Å². The van der Waals surface area contributed by atoms with Crippen molar-refractivity contribution in [3.8, 4) is 5.75 Å². The van der Waals surface area contributed by atoms with Gasteiger partial charge in [-0.15, -0.1) is 0 Å². The number of hydrogen-bond donors (Lipinski definition) is 0.